The Hall–Kier alpha value is -1.94. The van der Waals surface area contributed by atoms with Crippen molar-refractivity contribution in [3.63, 3.8) is 0 Å². The minimum Gasteiger partial charge on any atom is -0.508 e. The fourth-order valence-corrected chi connectivity index (χ4v) is 2.19. The lowest BCUT2D eigenvalue weighted by Crippen LogP contribution is -2.11. The largest absolute Gasteiger partial charge is 0.508 e. The maximum absolute atomic E-state index is 12.9. The Balaban J connectivity index is 0.000000173. The second-order valence-corrected chi connectivity index (χ2v) is 4.89. The molecule has 2 nitrogen and oxygen atoms in total. The molecule has 2 aromatic carbocycles. The van der Waals surface area contributed by atoms with Crippen LogP contribution >= 0.6 is 0 Å². The fraction of sp³-hybridized carbons (Fsp3) is 0.294. The van der Waals surface area contributed by atoms with Gasteiger partial charge in [0, 0.05) is 12.7 Å². The predicted octanol–water partition coefficient (Wildman–Crippen LogP) is 4.60. The molecule has 0 spiro atoms. The van der Waals surface area contributed by atoms with E-state index in [0.29, 0.717) is 0 Å². The van der Waals surface area contributed by atoms with Gasteiger partial charge in [-0.25, -0.2) is 8.78 Å². The molecule has 1 heterocycles. The molecule has 0 bridgehead atoms. The van der Waals surface area contributed by atoms with Crippen LogP contribution in [0.3, 0.4) is 0 Å². The summed E-state index contributed by atoms with van der Waals surface area (Å²) in [5.74, 6) is -0.623. The van der Waals surface area contributed by atoms with Crippen LogP contribution in [0.2, 0.25) is 0 Å². The van der Waals surface area contributed by atoms with Gasteiger partial charge in [-0.15, -0.1) is 0 Å². The highest BCUT2D eigenvalue weighted by molar-refractivity contribution is 5.20. The number of phenols is 1. The molecular formula is C17H18F2O2. The smallest absolute Gasteiger partial charge is 0.126 e. The number of ether oxygens (including phenoxy) is 1. The molecule has 1 unspecified atom stereocenters. The summed E-state index contributed by atoms with van der Waals surface area (Å²) in [6, 6.07) is 11.9. The van der Waals surface area contributed by atoms with Gasteiger partial charge in [0.15, 0.2) is 0 Å². The summed E-state index contributed by atoms with van der Waals surface area (Å²) >= 11 is 0. The van der Waals surface area contributed by atoms with Crippen LogP contribution in [0.25, 0.3) is 0 Å². The minimum absolute atomic E-state index is 0.0370. The van der Waals surface area contributed by atoms with Crippen molar-refractivity contribution in [3.8, 4) is 5.75 Å². The number of hydrogen-bond acceptors (Lipinski definition) is 2. The van der Waals surface area contributed by atoms with Gasteiger partial charge in [-0.2, -0.15) is 0 Å². The second kappa shape index (κ2) is 7.74. The molecule has 0 amide bonds. The first-order chi connectivity index (χ1) is 10.1. The molecule has 112 valence electrons. The maximum Gasteiger partial charge on any atom is 0.126 e. The van der Waals surface area contributed by atoms with Crippen molar-refractivity contribution < 1.29 is 18.6 Å². The number of benzene rings is 2. The number of hydrogen-bond donors (Lipinski definition) is 1. The predicted molar refractivity (Wildman–Crippen MR) is 77.0 cm³/mol. The Morgan fingerprint density at radius 1 is 0.952 bits per heavy atom. The zero-order valence-electron chi connectivity index (χ0n) is 11.6. The third-order valence-corrected chi connectivity index (χ3v) is 3.21. The van der Waals surface area contributed by atoms with E-state index in [1.165, 1.54) is 30.7 Å². The van der Waals surface area contributed by atoms with E-state index >= 15 is 0 Å². The molecular weight excluding hydrogens is 274 g/mol. The second-order valence-electron chi connectivity index (χ2n) is 4.89. The standard InChI is InChI=1S/C11H13FO.C6H5FO/c12-10-5-3-4-9(8-10)11-6-1-2-7-13-11;7-5-2-1-3-6(8)4-5/h3-5,8,11H,1-2,6-7H2;1-4,8H. The van der Waals surface area contributed by atoms with Crippen LogP contribution in [-0.2, 0) is 4.74 Å². The summed E-state index contributed by atoms with van der Waals surface area (Å²) in [4.78, 5) is 0. The molecule has 1 aliphatic rings. The van der Waals surface area contributed by atoms with Crippen LogP contribution < -0.4 is 0 Å². The van der Waals surface area contributed by atoms with E-state index in [-0.39, 0.29) is 17.7 Å². The molecule has 2 aromatic rings. The van der Waals surface area contributed by atoms with Crippen LogP contribution in [0, 0.1) is 11.6 Å². The summed E-state index contributed by atoms with van der Waals surface area (Å²) in [5, 5.41) is 8.57. The lowest BCUT2D eigenvalue weighted by atomic mass is 10.0. The normalized spacial score (nSPS) is 17.7. The van der Waals surface area contributed by atoms with Gasteiger partial charge in [0.2, 0.25) is 0 Å². The van der Waals surface area contributed by atoms with E-state index < -0.39 is 5.82 Å². The van der Waals surface area contributed by atoms with E-state index in [9.17, 15) is 8.78 Å². The fourth-order valence-electron chi connectivity index (χ4n) is 2.19. The first-order valence-electron chi connectivity index (χ1n) is 6.97. The summed E-state index contributed by atoms with van der Waals surface area (Å²) in [5.41, 5.74) is 0.972. The van der Waals surface area contributed by atoms with Gasteiger partial charge in [-0.05, 0) is 49.1 Å². The van der Waals surface area contributed by atoms with Crippen LogP contribution in [0.5, 0.6) is 5.75 Å². The molecule has 0 saturated carbocycles. The Morgan fingerprint density at radius 3 is 2.19 bits per heavy atom. The molecule has 3 rings (SSSR count). The van der Waals surface area contributed by atoms with E-state index in [1.54, 1.807) is 12.1 Å². The van der Waals surface area contributed by atoms with Crippen molar-refractivity contribution in [2.24, 2.45) is 0 Å². The van der Waals surface area contributed by atoms with E-state index in [2.05, 4.69) is 0 Å². The van der Waals surface area contributed by atoms with E-state index in [4.69, 9.17) is 9.84 Å². The highest BCUT2D eigenvalue weighted by Crippen LogP contribution is 2.27. The lowest BCUT2D eigenvalue weighted by Gasteiger charge is -2.22. The molecule has 0 radical (unpaired) electrons. The monoisotopic (exact) mass is 292 g/mol. The van der Waals surface area contributed by atoms with Crippen LogP contribution in [0.15, 0.2) is 48.5 Å². The SMILES string of the molecule is Fc1cccc(C2CCCCO2)c1.Oc1cccc(F)c1. The van der Waals surface area contributed by atoms with E-state index in [0.717, 1.165) is 31.1 Å². The van der Waals surface area contributed by atoms with Gasteiger partial charge in [-0.1, -0.05) is 18.2 Å². The Bertz CT molecular complexity index is 549. The van der Waals surface area contributed by atoms with Crippen LogP contribution in [0.1, 0.15) is 30.9 Å². The number of rotatable bonds is 1. The van der Waals surface area contributed by atoms with Crippen molar-refractivity contribution in [2.75, 3.05) is 6.61 Å². The molecule has 1 fully saturated rings. The maximum atomic E-state index is 12.9. The number of halogens is 2. The Labute approximate surface area is 123 Å². The molecule has 0 aromatic heterocycles. The molecule has 4 heteroatoms. The zero-order valence-corrected chi connectivity index (χ0v) is 11.6. The highest BCUT2D eigenvalue weighted by atomic mass is 19.1. The molecule has 21 heavy (non-hydrogen) atoms. The third kappa shape index (κ3) is 5.16. The molecule has 1 atom stereocenters. The molecule has 1 saturated heterocycles. The Morgan fingerprint density at radius 2 is 1.67 bits per heavy atom. The van der Waals surface area contributed by atoms with Gasteiger partial charge >= 0.3 is 0 Å². The summed E-state index contributed by atoms with van der Waals surface area (Å²) < 4.78 is 30.4. The van der Waals surface area contributed by atoms with Crippen LogP contribution in [-0.4, -0.2) is 11.7 Å². The summed E-state index contributed by atoms with van der Waals surface area (Å²) in [6.07, 6.45) is 3.45. The topological polar surface area (TPSA) is 29.5 Å². The van der Waals surface area contributed by atoms with Gasteiger partial charge in [0.05, 0.1) is 6.10 Å². The lowest BCUT2D eigenvalue weighted by molar-refractivity contribution is 0.0148. The number of aromatic hydroxyl groups is 1. The van der Waals surface area contributed by atoms with Gasteiger partial charge in [0.25, 0.3) is 0 Å². The molecule has 0 aliphatic carbocycles. The first-order valence-corrected chi connectivity index (χ1v) is 6.97. The van der Waals surface area contributed by atoms with E-state index in [1.807, 2.05) is 6.07 Å². The summed E-state index contributed by atoms with van der Waals surface area (Å²) in [6.45, 7) is 0.807. The van der Waals surface area contributed by atoms with Crippen molar-refractivity contribution in [1.29, 1.82) is 0 Å². The van der Waals surface area contributed by atoms with Gasteiger partial charge in [-0.3, -0.25) is 0 Å². The first kappa shape index (κ1) is 15.4. The van der Waals surface area contributed by atoms with Crippen molar-refractivity contribution in [3.05, 3.63) is 65.7 Å². The van der Waals surface area contributed by atoms with Crippen molar-refractivity contribution in [2.45, 2.75) is 25.4 Å². The quantitative estimate of drug-likeness (QED) is 0.832. The third-order valence-electron chi connectivity index (χ3n) is 3.21. The number of phenolic OH excluding ortho intramolecular Hbond substituents is 1. The highest BCUT2D eigenvalue weighted by Gasteiger charge is 2.15. The van der Waals surface area contributed by atoms with Gasteiger partial charge in [0.1, 0.15) is 17.4 Å². The average Bonchev–Trinajstić information content (AvgIpc) is 2.49. The molecule has 1 aliphatic heterocycles. The molecule has 1 N–H and O–H groups in total. The Kier molecular flexibility index (Phi) is 5.69. The van der Waals surface area contributed by atoms with Gasteiger partial charge < -0.3 is 9.84 Å². The van der Waals surface area contributed by atoms with Crippen molar-refractivity contribution >= 4 is 0 Å². The van der Waals surface area contributed by atoms with Crippen molar-refractivity contribution in [1.82, 2.24) is 0 Å². The average molecular weight is 292 g/mol. The van der Waals surface area contributed by atoms with Crippen LogP contribution in [0.4, 0.5) is 8.78 Å². The summed E-state index contributed by atoms with van der Waals surface area (Å²) in [7, 11) is 0. The zero-order chi connectivity index (χ0) is 15.1. The minimum atomic E-state index is -0.412.